The van der Waals surface area contributed by atoms with Gasteiger partial charge < -0.3 is 16.0 Å². The second-order valence-electron chi connectivity index (χ2n) is 6.08. The molecule has 6 nitrogen and oxygen atoms in total. The normalized spacial score (nSPS) is 10.3. The SMILES string of the molecule is CC(=O)Nc1ccc(Nc2cc(C)nc(NCc3ccc(Cl)cc3)n2)cc1. The Balaban J connectivity index is 1.67. The van der Waals surface area contributed by atoms with E-state index in [4.69, 9.17) is 11.6 Å². The molecule has 2 aromatic carbocycles. The van der Waals surface area contributed by atoms with Crippen molar-refractivity contribution in [3.05, 3.63) is 70.9 Å². The maximum atomic E-state index is 11.1. The Bertz CT molecular complexity index is 926. The molecule has 3 aromatic rings. The molecular weight excluding hydrogens is 362 g/mol. The van der Waals surface area contributed by atoms with Crippen molar-refractivity contribution in [1.82, 2.24) is 9.97 Å². The van der Waals surface area contributed by atoms with Gasteiger partial charge in [-0.15, -0.1) is 0 Å². The van der Waals surface area contributed by atoms with Crippen LogP contribution in [-0.4, -0.2) is 15.9 Å². The van der Waals surface area contributed by atoms with Crippen LogP contribution in [0.1, 0.15) is 18.2 Å². The minimum atomic E-state index is -0.0986. The van der Waals surface area contributed by atoms with Gasteiger partial charge in [0.25, 0.3) is 0 Å². The van der Waals surface area contributed by atoms with Crippen LogP contribution in [0.15, 0.2) is 54.6 Å². The van der Waals surface area contributed by atoms with Crippen LogP contribution in [0.25, 0.3) is 0 Å². The highest BCUT2D eigenvalue weighted by atomic mass is 35.5. The number of amides is 1. The largest absolute Gasteiger partial charge is 0.350 e. The molecule has 138 valence electrons. The van der Waals surface area contributed by atoms with E-state index in [1.807, 2.05) is 61.5 Å². The van der Waals surface area contributed by atoms with Crippen LogP contribution < -0.4 is 16.0 Å². The molecule has 0 radical (unpaired) electrons. The number of carbonyl (C=O) groups excluding carboxylic acids is 1. The van der Waals surface area contributed by atoms with E-state index in [2.05, 4.69) is 25.9 Å². The van der Waals surface area contributed by atoms with Crippen molar-refractivity contribution >= 4 is 40.6 Å². The Labute approximate surface area is 163 Å². The van der Waals surface area contributed by atoms with Gasteiger partial charge in [0.15, 0.2) is 0 Å². The van der Waals surface area contributed by atoms with Gasteiger partial charge in [-0.3, -0.25) is 4.79 Å². The fourth-order valence-corrected chi connectivity index (χ4v) is 2.61. The van der Waals surface area contributed by atoms with E-state index in [1.165, 1.54) is 6.92 Å². The standard InChI is InChI=1S/C20H20ClN5O/c1-13-11-19(25-18-9-7-17(8-10-18)24-14(2)27)26-20(23-13)22-12-15-3-5-16(21)6-4-15/h3-11H,12H2,1-2H3,(H,24,27)(H2,22,23,25,26). The highest BCUT2D eigenvalue weighted by Gasteiger charge is 2.04. The summed E-state index contributed by atoms with van der Waals surface area (Å²) in [5.74, 6) is 1.13. The third-order valence-corrected chi connectivity index (χ3v) is 3.95. The summed E-state index contributed by atoms with van der Waals surface area (Å²) in [4.78, 5) is 20.0. The zero-order valence-electron chi connectivity index (χ0n) is 15.1. The van der Waals surface area contributed by atoms with Crippen molar-refractivity contribution in [3.63, 3.8) is 0 Å². The van der Waals surface area contributed by atoms with Crippen LogP contribution in [0.2, 0.25) is 5.02 Å². The molecule has 0 aliphatic carbocycles. The molecule has 0 aliphatic rings. The Morgan fingerprint density at radius 1 is 1.00 bits per heavy atom. The maximum absolute atomic E-state index is 11.1. The summed E-state index contributed by atoms with van der Waals surface area (Å²) < 4.78 is 0. The van der Waals surface area contributed by atoms with Crippen LogP contribution in [0, 0.1) is 6.92 Å². The minimum absolute atomic E-state index is 0.0986. The van der Waals surface area contributed by atoms with Gasteiger partial charge in [-0.05, 0) is 48.9 Å². The van der Waals surface area contributed by atoms with Crippen molar-refractivity contribution < 1.29 is 4.79 Å². The van der Waals surface area contributed by atoms with Crippen LogP contribution in [0.3, 0.4) is 0 Å². The number of halogens is 1. The molecule has 0 bridgehead atoms. The van der Waals surface area contributed by atoms with Gasteiger partial charge in [0.05, 0.1) is 0 Å². The van der Waals surface area contributed by atoms with Crippen molar-refractivity contribution in [2.75, 3.05) is 16.0 Å². The van der Waals surface area contributed by atoms with Crippen molar-refractivity contribution in [3.8, 4) is 0 Å². The van der Waals surface area contributed by atoms with Gasteiger partial charge in [-0.2, -0.15) is 4.98 Å². The van der Waals surface area contributed by atoms with Crippen LogP contribution in [-0.2, 0) is 11.3 Å². The van der Waals surface area contributed by atoms with E-state index in [-0.39, 0.29) is 5.91 Å². The van der Waals surface area contributed by atoms with E-state index >= 15 is 0 Å². The molecule has 0 spiro atoms. The molecule has 1 heterocycles. The predicted molar refractivity (Wildman–Crippen MR) is 110 cm³/mol. The average Bonchev–Trinajstić information content (AvgIpc) is 2.62. The Hall–Kier alpha value is -3.12. The molecule has 0 saturated heterocycles. The number of anilines is 4. The summed E-state index contributed by atoms with van der Waals surface area (Å²) >= 11 is 5.91. The summed E-state index contributed by atoms with van der Waals surface area (Å²) in [6.45, 7) is 4.00. The second-order valence-corrected chi connectivity index (χ2v) is 6.52. The molecule has 1 aromatic heterocycles. The Kier molecular flexibility index (Phi) is 5.88. The smallest absolute Gasteiger partial charge is 0.225 e. The van der Waals surface area contributed by atoms with Crippen LogP contribution >= 0.6 is 11.6 Å². The lowest BCUT2D eigenvalue weighted by molar-refractivity contribution is -0.114. The molecule has 0 unspecified atom stereocenters. The molecule has 3 N–H and O–H groups in total. The number of benzene rings is 2. The predicted octanol–water partition coefficient (Wildman–Crippen LogP) is 4.75. The second kappa shape index (κ2) is 8.51. The van der Waals surface area contributed by atoms with E-state index in [9.17, 15) is 4.79 Å². The highest BCUT2D eigenvalue weighted by molar-refractivity contribution is 6.30. The summed E-state index contributed by atoms with van der Waals surface area (Å²) in [5.41, 5.74) is 3.55. The molecule has 7 heteroatoms. The molecule has 3 rings (SSSR count). The first-order chi connectivity index (χ1) is 13.0. The van der Waals surface area contributed by atoms with Gasteiger partial charge >= 0.3 is 0 Å². The lowest BCUT2D eigenvalue weighted by atomic mass is 10.2. The third-order valence-electron chi connectivity index (χ3n) is 3.70. The lowest BCUT2D eigenvalue weighted by Crippen LogP contribution is -2.07. The van der Waals surface area contributed by atoms with Crippen LogP contribution in [0.5, 0.6) is 0 Å². The molecule has 27 heavy (non-hydrogen) atoms. The zero-order chi connectivity index (χ0) is 19.2. The van der Waals surface area contributed by atoms with Crippen molar-refractivity contribution in [1.29, 1.82) is 0 Å². The van der Waals surface area contributed by atoms with Crippen molar-refractivity contribution in [2.24, 2.45) is 0 Å². The number of nitrogens with zero attached hydrogens (tertiary/aromatic N) is 2. The van der Waals surface area contributed by atoms with Crippen molar-refractivity contribution in [2.45, 2.75) is 20.4 Å². The fourth-order valence-electron chi connectivity index (χ4n) is 2.48. The van der Waals surface area contributed by atoms with E-state index in [1.54, 1.807) is 0 Å². The number of aromatic nitrogens is 2. The number of carbonyl (C=O) groups is 1. The molecule has 0 saturated carbocycles. The first-order valence-corrected chi connectivity index (χ1v) is 8.84. The lowest BCUT2D eigenvalue weighted by Gasteiger charge is -2.11. The van der Waals surface area contributed by atoms with Gasteiger partial charge in [0, 0.05) is 41.6 Å². The van der Waals surface area contributed by atoms with Crippen LogP contribution in [0.4, 0.5) is 23.1 Å². The third kappa shape index (κ3) is 5.69. The topological polar surface area (TPSA) is 78.9 Å². The van der Waals surface area contributed by atoms with Gasteiger partial charge in [0.1, 0.15) is 5.82 Å². The highest BCUT2D eigenvalue weighted by Crippen LogP contribution is 2.19. The summed E-state index contributed by atoms with van der Waals surface area (Å²) in [6.07, 6.45) is 0. The van der Waals surface area contributed by atoms with E-state index in [0.717, 1.165) is 22.6 Å². The number of rotatable bonds is 6. The first kappa shape index (κ1) is 18.7. The number of hydrogen-bond donors (Lipinski definition) is 3. The molecule has 1 amide bonds. The average molecular weight is 382 g/mol. The number of aryl methyl sites for hydroxylation is 1. The van der Waals surface area contributed by atoms with Gasteiger partial charge in [-0.25, -0.2) is 4.98 Å². The maximum Gasteiger partial charge on any atom is 0.225 e. The summed E-state index contributed by atoms with van der Waals surface area (Å²) in [6, 6.07) is 16.9. The van der Waals surface area contributed by atoms with E-state index in [0.29, 0.717) is 23.3 Å². The molecular formula is C20H20ClN5O. The Morgan fingerprint density at radius 2 is 1.67 bits per heavy atom. The zero-order valence-corrected chi connectivity index (χ0v) is 15.8. The Morgan fingerprint density at radius 3 is 2.33 bits per heavy atom. The quantitative estimate of drug-likeness (QED) is 0.574. The molecule has 0 fully saturated rings. The number of hydrogen-bond acceptors (Lipinski definition) is 5. The van der Waals surface area contributed by atoms with E-state index < -0.39 is 0 Å². The van der Waals surface area contributed by atoms with Gasteiger partial charge in [0.2, 0.25) is 11.9 Å². The first-order valence-electron chi connectivity index (χ1n) is 8.46. The molecule has 0 aliphatic heterocycles. The minimum Gasteiger partial charge on any atom is -0.350 e. The fraction of sp³-hybridized carbons (Fsp3) is 0.150. The molecule has 0 atom stereocenters. The summed E-state index contributed by atoms with van der Waals surface area (Å²) in [5, 5.41) is 9.92. The monoisotopic (exact) mass is 381 g/mol. The van der Waals surface area contributed by atoms with Gasteiger partial charge in [-0.1, -0.05) is 23.7 Å². The summed E-state index contributed by atoms with van der Waals surface area (Å²) in [7, 11) is 0. The number of nitrogens with one attached hydrogen (secondary N) is 3.